The fourth-order valence-electron chi connectivity index (χ4n) is 3.19. The summed E-state index contributed by atoms with van der Waals surface area (Å²) in [4.78, 5) is 2.18. The lowest BCUT2D eigenvalue weighted by atomic mass is 9.81. The van der Waals surface area contributed by atoms with E-state index in [1.807, 2.05) is 20.0 Å². The summed E-state index contributed by atoms with van der Waals surface area (Å²) in [5.41, 5.74) is -2.56. The molecule has 2 aliphatic rings. The van der Waals surface area contributed by atoms with E-state index in [2.05, 4.69) is 23.2 Å². The molecule has 7 heteroatoms. The molecule has 2 unspecified atom stereocenters. The first-order chi connectivity index (χ1) is 11.4. The lowest BCUT2D eigenvalue weighted by Gasteiger charge is -2.38. The van der Waals surface area contributed by atoms with Crippen molar-refractivity contribution in [1.82, 2.24) is 10.2 Å². The highest BCUT2D eigenvalue weighted by molar-refractivity contribution is 4.97. The zero-order chi connectivity index (χ0) is 18.2. The van der Waals surface area contributed by atoms with Crippen LogP contribution in [-0.2, 0) is 4.74 Å². The second-order valence-electron chi connectivity index (χ2n) is 6.15. The second kappa shape index (κ2) is 9.63. The number of hydrogen-bond acceptors (Lipinski definition) is 4. The summed E-state index contributed by atoms with van der Waals surface area (Å²) in [6, 6.07) is -0.0466. The van der Waals surface area contributed by atoms with E-state index in [9.17, 15) is 18.3 Å². The monoisotopic (exact) mass is 356 g/mol. The molecule has 2 N–H and O–H groups in total. The Balaban J connectivity index is 0. The van der Waals surface area contributed by atoms with Gasteiger partial charge < -0.3 is 14.7 Å². The fraction of sp³-hybridized carbons (Fsp3) is 0.882. The number of alkyl halides is 3. The van der Waals surface area contributed by atoms with Gasteiger partial charge in [0.05, 0.1) is 19.4 Å². The van der Waals surface area contributed by atoms with Gasteiger partial charge in [0.15, 0.2) is 5.60 Å². The van der Waals surface area contributed by atoms with E-state index in [0.717, 1.165) is 13.0 Å². The summed E-state index contributed by atoms with van der Waals surface area (Å²) < 4.78 is 44.1. The van der Waals surface area contributed by atoms with E-state index in [1.165, 1.54) is 0 Å². The molecule has 0 radical (unpaired) electrons. The minimum Gasteiger partial charge on any atom is -0.380 e. The van der Waals surface area contributed by atoms with Crippen molar-refractivity contribution in [3.63, 3.8) is 0 Å². The Morgan fingerprint density at radius 2 is 2.12 bits per heavy atom. The van der Waals surface area contributed by atoms with E-state index in [4.69, 9.17) is 4.74 Å². The molecule has 0 spiro atoms. The molecule has 0 aromatic heterocycles. The standard InChI is InChI=1S/C15H25F3N2O2.C2H6.2H2/c1-2-20-8-4-6-13(20)10-22-11-19-12-5-3-7-14(21,9-12)15(16,17)18;1-2;;/h4,8,12-13,19,21H,2-3,5-7,9-11H2,1H3;1-2H3;2*1H/t12?,13-,14?;;;/m0.../s1. The number of aliphatic hydroxyl groups is 1. The number of rotatable bonds is 6. The molecular weight excluding hydrogens is 321 g/mol. The molecule has 0 bridgehead atoms. The Morgan fingerprint density at radius 3 is 2.75 bits per heavy atom. The molecule has 1 aliphatic carbocycles. The van der Waals surface area contributed by atoms with Gasteiger partial charge in [-0.1, -0.05) is 19.9 Å². The lowest BCUT2D eigenvalue weighted by Crippen LogP contribution is -2.53. The Labute approximate surface area is 146 Å². The van der Waals surface area contributed by atoms with E-state index in [-0.39, 0.29) is 28.5 Å². The molecule has 4 nitrogen and oxygen atoms in total. The van der Waals surface area contributed by atoms with Gasteiger partial charge in [-0.15, -0.1) is 0 Å². The van der Waals surface area contributed by atoms with Crippen molar-refractivity contribution in [3.05, 3.63) is 12.3 Å². The third-order valence-corrected chi connectivity index (χ3v) is 4.58. The predicted molar refractivity (Wildman–Crippen MR) is 92.7 cm³/mol. The lowest BCUT2D eigenvalue weighted by molar-refractivity contribution is -0.272. The topological polar surface area (TPSA) is 44.7 Å². The summed E-state index contributed by atoms with van der Waals surface area (Å²) in [6.07, 6.45) is 0.996. The van der Waals surface area contributed by atoms with Crippen molar-refractivity contribution in [2.24, 2.45) is 0 Å². The maximum absolute atomic E-state index is 12.9. The third-order valence-electron chi connectivity index (χ3n) is 4.58. The molecule has 0 saturated heterocycles. The molecular formula is C17H35F3N2O2. The largest absolute Gasteiger partial charge is 0.417 e. The van der Waals surface area contributed by atoms with Crippen LogP contribution in [0.1, 0.15) is 55.7 Å². The van der Waals surface area contributed by atoms with Crippen molar-refractivity contribution in [2.45, 2.75) is 76.7 Å². The highest BCUT2D eigenvalue weighted by Gasteiger charge is 2.55. The molecule has 1 aliphatic heterocycles. The molecule has 24 heavy (non-hydrogen) atoms. The van der Waals surface area contributed by atoms with Gasteiger partial charge in [-0.3, -0.25) is 5.32 Å². The smallest absolute Gasteiger partial charge is 0.380 e. The summed E-state index contributed by atoms with van der Waals surface area (Å²) in [5, 5.41) is 12.7. The van der Waals surface area contributed by atoms with Crippen molar-refractivity contribution in [2.75, 3.05) is 19.9 Å². The number of nitrogens with one attached hydrogen (secondary N) is 1. The number of halogens is 3. The number of nitrogens with zero attached hydrogens (tertiary/aromatic N) is 1. The Hall–Kier alpha value is -0.790. The summed E-state index contributed by atoms with van der Waals surface area (Å²) in [5.74, 6) is 0. The molecule has 2 rings (SSSR count). The second-order valence-corrected chi connectivity index (χ2v) is 6.15. The molecule has 0 aromatic rings. The van der Waals surface area contributed by atoms with Gasteiger partial charge in [0.25, 0.3) is 0 Å². The van der Waals surface area contributed by atoms with Crippen molar-refractivity contribution < 1.29 is 25.9 Å². The Morgan fingerprint density at radius 1 is 1.42 bits per heavy atom. The predicted octanol–water partition coefficient (Wildman–Crippen LogP) is 3.91. The fourth-order valence-corrected chi connectivity index (χ4v) is 3.19. The van der Waals surface area contributed by atoms with Crippen LogP contribution in [-0.4, -0.2) is 53.7 Å². The van der Waals surface area contributed by atoms with Gasteiger partial charge in [-0.2, -0.15) is 13.2 Å². The van der Waals surface area contributed by atoms with Crippen molar-refractivity contribution >= 4 is 0 Å². The average Bonchev–Trinajstić information content (AvgIpc) is 3.00. The van der Waals surface area contributed by atoms with Gasteiger partial charge in [-0.25, -0.2) is 0 Å². The van der Waals surface area contributed by atoms with Crippen molar-refractivity contribution in [3.8, 4) is 0 Å². The number of ether oxygens (including phenoxy) is 1. The first-order valence-corrected chi connectivity index (χ1v) is 8.88. The van der Waals surface area contributed by atoms with Crippen LogP contribution in [0.25, 0.3) is 0 Å². The summed E-state index contributed by atoms with van der Waals surface area (Å²) in [7, 11) is 0. The molecule has 1 fully saturated rings. The van der Waals surface area contributed by atoms with Crippen LogP contribution in [0.15, 0.2) is 12.3 Å². The minimum atomic E-state index is -4.56. The Bertz CT molecular complexity index is 401. The van der Waals surface area contributed by atoms with E-state index in [0.29, 0.717) is 25.5 Å². The van der Waals surface area contributed by atoms with Gasteiger partial charge in [0.1, 0.15) is 0 Å². The van der Waals surface area contributed by atoms with Crippen LogP contribution >= 0.6 is 0 Å². The van der Waals surface area contributed by atoms with Crippen LogP contribution in [0.2, 0.25) is 0 Å². The average molecular weight is 356 g/mol. The first-order valence-electron chi connectivity index (χ1n) is 8.88. The third kappa shape index (κ3) is 5.63. The van der Waals surface area contributed by atoms with E-state index >= 15 is 0 Å². The molecule has 0 aromatic carbocycles. The normalized spacial score (nSPS) is 30.2. The van der Waals surface area contributed by atoms with Crippen LogP contribution in [0.3, 0.4) is 0 Å². The molecule has 3 atom stereocenters. The van der Waals surface area contributed by atoms with Crippen molar-refractivity contribution in [1.29, 1.82) is 0 Å². The van der Waals surface area contributed by atoms with Gasteiger partial charge in [0, 0.05) is 21.9 Å². The first kappa shape index (κ1) is 21.3. The highest BCUT2D eigenvalue weighted by Crippen LogP contribution is 2.41. The van der Waals surface area contributed by atoms with Crippen LogP contribution in [0, 0.1) is 0 Å². The van der Waals surface area contributed by atoms with E-state index in [1.54, 1.807) is 0 Å². The molecule has 1 heterocycles. The number of hydrogen-bond donors (Lipinski definition) is 2. The maximum Gasteiger partial charge on any atom is 0.417 e. The SMILES string of the molecule is CC.CCN1C=CC[C@H]1COCNC1CCCC(O)(C(F)(F)F)C1.[HH].[HH]. The Kier molecular flexibility index (Phi) is 8.53. The highest BCUT2D eigenvalue weighted by atomic mass is 19.4. The zero-order valence-electron chi connectivity index (χ0n) is 14.9. The van der Waals surface area contributed by atoms with E-state index < -0.39 is 11.8 Å². The van der Waals surface area contributed by atoms with Crippen LogP contribution in [0.4, 0.5) is 13.2 Å². The molecule has 1 saturated carbocycles. The molecule has 0 amide bonds. The molecule has 146 valence electrons. The quantitative estimate of drug-likeness (QED) is 0.559. The van der Waals surface area contributed by atoms with Gasteiger partial charge in [-0.05, 0) is 38.8 Å². The van der Waals surface area contributed by atoms with Gasteiger partial charge >= 0.3 is 6.18 Å². The maximum atomic E-state index is 12.9. The number of likely N-dealkylation sites (N-methyl/N-ethyl adjacent to an activating group) is 1. The zero-order valence-corrected chi connectivity index (χ0v) is 14.9. The van der Waals surface area contributed by atoms with Crippen LogP contribution in [0.5, 0.6) is 0 Å². The summed E-state index contributed by atoms with van der Waals surface area (Å²) >= 11 is 0. The van der Waals surface area contributed by atoms with Crippen LogP contribution < -0.4 is 5.32 Å². The van der Waals surface area contributed by atoms with Gasteiger partial charge in [0.2, 0.25) is 0 Å². The summed E-state index contributed by atoms with van der Waals surface area (Å²) in [6.45, 7) is 7.75. The minimum absolute atomic E-state index is 0.